The second-order valence-corrected chi connectivity index (χ2v) is 5.17. The van der Waals surface area contributed by atoms with Gasteiger partial charge in [0.05, 0.1) is 0 Å². The van der Waals surface area contributed by atoms with Gasteiger partial charge >= 0.3 is 0 Å². The molecule has 5 heteroatoms. The lowest BCUT2D eigenvalue weighted by molar-refractivity contribution is 0.397. The maximum Gasteiger partial charge on any atom is 0.152 e. The lowest BCUT2D eigenvalue weighted by atomic mass is 10.4. The van der Waals surface area contributed by atoms with Gasteiger partial charge in [-0.15, -0.1) is 11.8 Å². The minimum Gasteiger partial charge on any atom is -0.247 e. The van der Waals surface area contributed by atoms with Crippen LogP contribution in [0.5, 0.6) is 0 Å². The zero-order valence-corrected chi connectivity index (χ0v) is 11.1. The first-order valence-corrected chi connectivity index (χ1v) is 7.08. The molecule has 3 aromatic rings. The number of aromatic nitrogens is 4. The summed E-state index contributed by atoms with van der Waals surface area (Å²) in [5, 5.41) is 8.65. The molecule has 0 atom stereocenters. The van der Waals surface area contributed by atoms with Crippen LogP contribution >= 0.6 is 11.8 Å². The van der Waals surface area contributed by atoms with E-state index in [9.17, 15) is 0 Å². The molecule has 0 saturated heterocycles. The lowest BCUT2D eigenvalue weighted by Gasteiger charge is -2.17. The summed E-state index contributed by atoms with van der Waals surface area (Å²) >= 11 is 1.80. The molecule has 0 spiro atoms. The summed E-state index contributed by atoms with van der Waals surface area (Å²) < 4.78 is 3.87. The molecule has 0 unspecified atom stereocenters. The standard InChI is InChI=1S/C14H14N4S/c1-2-6-13(7-3-1)19-12-14(17-10-4-8-15-17)18-11-5-9-16-18/h1-11,14H,12H2. The van der Waals surface area contributed by atoms with Crippen LogP contribution in [0, 0.1) is 0 Å². The Hall–Kier alpha value is -2.01. The highest BCUT2D eigenvalue weighted by atomic mass is 32.2. The highest BCUT2D eigenvalue weighted by Gasteiger charge is 2.13. The van der Waals surface area contributed by atoms with Gasteiger partial charge in [0, 0.05) is 35.4 Å². The topological polar surface area (TPSA) is 35.6 Å². The molecule has 0 N–H and O–H groups in total. The van der Waals surface area contributed by atoms with Crippen molar-refractivity contribution in [3.8, 4) is 0 Å². The molecule has 0 aliphatic carbocycles. The SMILES string of the molecule is c1ccc(SCC(n2cccn2)n2cccn2)cc1. The molecule has 0 saturated carbocycles. The summed E-state index contributed by atoms with van der Waals surface area (Å²) in [6.45, 7) is 0. The minimum atomic E-state index is 0.0928. The molecule has 0 aliphatic heterocycles. The van der Waals surface area contributed by atoms with Gasteiger partial charge < -0.3 is 0 Å². The lowest BCUT2D eigenvalue weighted by Crippen LogP contribution is -2.21. The van der Waals surface area contributed by atoms with Gasteiger partial charge in [0.25, 0.3) is 0 Å². The Morgan fingerprint density at radius 3 is 2.05 bits per heavy atom. The fraction of sp³-hybridized carbons (Fsp3) is 0.143. The van der Waals surface area contributed by atoms with Crippen LogP contribution in [-0.4, -0.2) is 25.3 Å². The smallest absolute Gasteiger partial charge is 0.152 e. The molecular weight excluding hydrogens is 256 g/mol. The molecule has 0 aliphatic rings. The summed E-state index contributed by atoms with van der Waals surface area (Å²) in [6.07, 6.45) is 7.62. The Labute approximate surface area is 116 Å². The average Bonchev–Trinajstić information content (AvgIpc) is 3.13. The molecule has 0 fully saturated rings. The second kappa shape index (κ2) is 5.75. The molecule has 3 rings (SSSR count). The van der Waals surface area contributed by atoms with E-state index >= 15 is 0 Å². The molecule has 19 heavy (non-hydrogen) atoms. The quantitative estimate of drug-likeness (QED) is 0.669. The minimum absolute atomic E-state index is 0.0928. The maximum atomic E-state index is 4.33. The van der Waals surface area contributed by atoms with Crippen molar-refractivity contribution in [2.24, 2.45) is 0 Å². The molecule has 96 valence electrons. The van der Waals surface area contributed by atoms with E-state index in [1.807, 2.05) is 40.0 Å². The number of hydrogen-bond acceptors (Lipinski definition) is 3. The fourth-order valence-corrected chi connectivity index (χ4v) is 2.87. The molecule has 0 radical (unpaired) electrons. The number of benzene rings is 1. The average molecular weight is 270 g/mol. The van der Waals surface area contributed by atoms with E-state index in [1.165, 1.54) is 4.90 Å². The maximum absolute atomic E-state index is 4.33. The molecule has 4 nitrogen and oxygen atoms in total. The monoisotopic (exact) mass is 270 g/mol. The van der Waals surface area contributed by atoms with Crippen LogP contribution in [-0.2, 0) is 0 Å². The number of thioether (sulfide) groups is 1. The number of nitrogens with zero attached hydrogens (tertiary/aromatic N) is 4. The van der Waals surface area contributed by atoms with Gasteiger partial charge in [-0.2, -0.15) is 10.2 Å². The van der Waals surface area contributed by atoms with Crippen molar-refractivity contribution in [1.29, 1.82) is 0 Å². The normalized spacial score (nSPS) is 11.0. The van der Waals surface area contributed by atoms with Crippen LogP contribution in [0.2, 0.25) is 0 Å². The fourth-order valence-electron chi connectivity index (χ4n) is 1.88. The van der Waals surface area contributed by atoms with Gasteiger partial charge in [-0.3, -0.25) is 0 Å². The Bertz CT molecular complexity index is 555. The third kappa shape index (κ3) is 2.88. The van der Waals surface area contributed by atoms with Crippen LogP contribution in [0.1, 0.15) is 6.17 Å². The first kappa shape index (κ1) is 12.0. The zero-order valence-electron chi connectivity index (χ0n) is 10.3. The summed E-state index contributed by atoms with van der Waals surface area (Å²) in [6, 6.07) is 14.2. The Morgan fingerprint density at radius 2 is 1.53 bits per heavy atom. The molecule has 0 bridgehead atoms. The van der Waals surface area contributed by atoms with Crippen molar-refractivity contribution >= 4 is 11.8 Å². The van der Waals surface area contributed by atoms with Crippen molar-refractivity contribution in [1.82, 2.24) is 19.6 Å². The van der Waals surface area contributed by atoms with E-state index in [-0.39, 0.29) is 6.17 Å². The predicted molar refractivity (Wildman–Crippen MR) is 76.1 cm³/mol. The van der Waals surface area contributed by atoms with Crippen LogP contribution in [0.15, 0.2) is 72.1 Å². The highest BCUT2D eigenvalue weighted by Crippen LogP contribution is 2.22. The van der Waals surface area contributed by atoms with E-state index in [0.717, 1.165) is 5.75 Å². The third-order valence-electron chi connectivity index (χ3n) is 2.80. The van der Waals surface area contributed by atoms with Crippen molar-refractivity contribution < 1.29 is 0 Å². The van der Waals surface area contributed by atoms with Crippen molar-refractivity contribution in [3.05, 3.63) is 67.3 Å². The van der Waals surface area contributed by atoms with Crippen molar-refractivity contribution in [3.63, 3.8) is 0 Å². The Morgan fingerprint density at radius 1 is 0.895 bits per heavy atom. The van der Waals surface area contributed by atoms with Gasteiger partial charge in [-0.1, -0.05) is 18.2 Å². The van der Waals surface area contributed by atoms with Gasteiger partial charge in [0.1, 0.15) is 0 Å². The summed E-state index contributed by atoms with van der Waals surface area (Å²) in [4.78, 5) is 1.26. The number of hydrogen-bond donors (Lipinski definition) is 0. The van der Waals surface area contributed by atoms with Crippen LogP contribution in [0.25, 0.3) is 0 Å². The van der Waals surface area contributed by atoms with Gasteiger partial charge in [-0.05, 0) is 24.3 Å². The third-order valence-corrected chi connectivity index (χ3v) is 3.87. The van der Waals surface area contributed by atoms with E-state index < -0.39 is 0 Å². The first-order valence-electron chi connectivity index (χ1n) is 6.09. The van der Waals surface area contributed by atoms with Crippen LogP contribution in [0.4, 0.5) is 0 Å². The molecule has 1 aromatic carbocycles. The number of rotatable bonds is 5. The van der Waals surface area contributed by atoms with Gasteiger partial charge in [0.15, 0.2) is 6.17 Å². The van der Waals surface area contributed by atoms with Gasteiger partial charge in [0.2, 0.25) is 0 Å². The van der Waals surface area contributed by atoms with E-state index in [1.54, 1.807) is 24.2 Å². The van der Waals surface area contributed by atoms with E-state index in [4.69, 9.17) is 0 Å². The van der Waals surface area contributed by atoms with E-state index in [2.05, 4.69) is 34.5 Å². The Balaban J connectivity index is 1.77. The molecule has 2 heterocycles. The van der Waals surface area contributed by atoms with Crippen LogP contribution in [0.3, 0.4) is 0 Å². The van der Waals surface area contributed by atoms with Crippen LogP contribution < -0.4 is 0 Å². The molecular formula is C14H14N4S. The zero-order chi connectivity index (χ0) is 12.9. The second-order valence-electron chi connectivity index (χ2n) is 4.08. The molecule has 2 aromatic heterocycles. The summed E-state index contributed by atoms with van der Waals surface area (Å²) in [5.74, 6) is 0.882. The van der Waals surface area contributed by atoms with Crippen molar-refractivity contribution in [2.75, 3.05) is 5.75 Å². The summed E-state index contributed by atoms with van der Waals surface area (Å²) in [5.41, 5.74) is 0. The Kier molecular flexibility index (Phi) is 3.65. The highest BCUT2D eigenvalue weighted by molar-refractivity contribution is 7.99. The van der Waals surface area contributed by atoms with E-state index in [0.29, 0.717) is 0 Å². The molecule has 0 amide bonds. The van der Waals surface area contributed by atoms with Gasteiger partial charge in [-0.25, -0.2) is 9.36 Å². The largest absolute Gasteiger partial charge is 0.247 e. The first-order chi connectivity index (χ1) is 9.43. The summed E-state index contributed by atoms with van der Waals surface area (Å²) in [7, 11) is 0. The predicted octanol–water partition coefficient (Wildman–Crippen LogP) is 2.92. The van der Waals surface area contributed by atoms with Crippen molar-refractivity contribution in [2.45, 2.75) is 11.1 Å².